The molecule has 0 radical (unpaired) electrons. The first kappa shape index (κ1) is 14.5. The summed E-state index contributed by atoms with van der Waals surface area (Å²) in [6.45, 7) is 7.59. The molecule has 4 heterocycles. The maximum atomic E-state index is 10.7. The molecule has 3 fully saturated rings. The first-order valence-corrected chi connectivity index (χ1v) is 8.24. The van der Waals surface area contributed by atoms with Crippen molar-refractivity contribution >= 4 is 15.9 Å². The summed E-state index contributed by atoms with van der Waals surface area (Å²) in [6.07, 6.45) is 1.25. The predicted octanol–water partition coefficient (Wildman–Crippen LogP) is 0.648. The normalized spacial score (nSPS) is 30.7. The molecular formula is C14H23BrN4O. The van der Waals surface area contributed by atoms with E-state index in [1.807, 2.05) is 11.7 Å². The molecule has 0 aromatic carbocycles. The Morgan fingerprint density at radius 1 is 1.35 bits per heavy atom. The van der Waals surface area contributed by atoms with Gasteiger partial charge in [0.15, 0.2) is 0 Å². The van der Waals surface area contributed by atoms with Gasteiger partial charge in [0.1, 0.15) is 0 Å². The maximum absolute atomic E-state index is 10.7. The predicted molar refractivity (Wildman–Crippen MR) is 81.8 cm³/mol. The third-order valence-electron chi connectivity index (χ3n) is 4.67. The van der Waals surface area contributed by atoms with Crippen LogP contribution >= 0.6 is 15.9 Å². The Morgan fingerprint density at radius 2 is 2.05 bits per heavy atom. The molecule has 112 valence electrons. The molecule has 0 spiro atoms. The van der Waals surface area contributed by atoms with Gasteiger partial charge in [-0.05, 0) is 22.4 Å². The summed E-state index contributed by atoms with van der Waals surface area (Å²) in [6, 6.07) is 0.268. The lowest BCUT2D eigenvalue weighted by molar-refractivity contribution is -0.0458. The van der Waals surface area contributed by atoms with E-state index >= 15 is 0 Å². The van der Waals surface area contributed by atoms with Crippen molar-refractivity contribution in [1.29, 1.82) is 0 Å². The Bertz CT molecular complexity index is 482. The van der Waals surface area contributed by atoms with E-state index in [0.717, 1.165) is 55.0 Å². The molecule has 2 atom stereocenters. The molecule has 0 aliphatic carbocycles. The Kier molecular flexibility index (Phi) is 4.17. The summed E-state index contributed by atoms with van der Waals surface area (Å²) >= 11 is 3.64. The Balaban J connectivity index is 1.73. The molecule has 3 aliphatic rings. The number of aryl methyl sites for hydroxylation is 2. The first-order chi connectivity index (χ1) is 9.60. The van der Waals surface area contributed by atoms with E-state index in [1.54, 1.807) is 0 Å². The molecular weight excluding hydrogens is 320 g/mol. The molecule has 0 saturated carbocycles. The molecule has 2 unspecified atom stereocenters. The highest BCUT2D eigenvalue weighted by Crippen LogP contribution is 2.25. The van der Waals surface area contributed by atoms with Gasteiger partial charge in [-0.15, -0.1) is 0 Å². The van der Waals surface area contributed by atoms with Crippen LogP contribution in [0.25, 0.3) is 0 Å². The minimum atomic E-state index is -0.325. The molecule has 2 bridgehead atoms. The lowest BCUT2D eigenvalue weighted by Crippen LogP contribution is -2.64. The van der Waals surface area contributed by atoms with Crippen LogP contribution < -0.4 is 0 Å². The van der Waals surface area contributed by atoms with Gasteiger partial charge in [-0.2, -0.15) is 5.10 Å². The third kappa shape index (κ3) is 2.54. The van der Waals surface area contributed by atoms with Crippen molar-refractivity contribution in [2.75, 3.05) is 32.7 Å². The summed E-state index contributed by atoms with van der Waals surface area (Å²) in [5.41, 5.74) is 2.18. The van der Waals surface area contributed by atoms with Crippen molar-refractivity contribution in [3.05, 3.63) is 15.9 Å². The van der Waals surface area contributed by atoms with Gasteiger partial charge in [0, 0.05) is 52.2 Å². The molecule has 4 rings (SSSR count). The molecule has 1 aromatic rings. The molecule has 3 saturated heterocycles. The number of fused-ring (bicyclic) bond motifs is 3. The lowest BCUT2D eigenvalue weighted by atomic mass is 9.98. The van der Waals surface area contributed by atoms with Crippen molar-refractivity contribution < 1.29 is 5.11 Å². The van der Waals surface area contributed by atoms with Crippen LogP contribution in [0.1, 0.15) is 18.3 Å². The summed E-state index contributed by atoms with van der Waals surface area (Å²) in [4.78, 5) is 4.90. The number of rotatable bonds is 4. The number of aromatic nitrogens is 2. The van der Waals surface area contributed by atoms with Crippen molar-refractivity contribution in [3.63, 3.8) is 0 Å². The standard InChI is InChI=1S/C14H23BrN4O/c1-3-10-14(15)11(17(2)16-10)8-13(20)12-9-18-4-6-19(12)7-5-18/h12-13,20H,3-9H2,1-2H3. The minimum absolute atomic E-state index is 0.268. The topological polar surface area (TPSA) is 44.5 Å². The highest BCUT2D eigenvalue weighted by Gasteiger charge is 2.36. The Morgan fingerprint density at radius 3 is 2.55 bits per heavy atom. The van der Waals surface area contributed by atoms with Crippen LogP contribution in [0.2, 0.25) is 0 Å². The molecule has 1 N–H and O–H groups in total. The van der Waals surface area contributed by atoms with Gasteiger partial charge >= 0.3 is 0 Å². The summed E-state index contributed by atoms with van der Waals surface area (Å²) in [5.74, 6) is 0. The average molecular weight is 343 g/mol. The van der Waals surface area contributed by atoms with Gasteiger partial charge in [0.2, 0.25) is 0 Å². The van der Waals surface area contributed by atoms with Crippen LogP contribution in [-0.4, -0.2) is 69.6 Å². The van der Waals surface area contributed by atoms with Gasteiger partial charge in [0.05, 0.1) is 22.0 Å². The molecule has 3 aliphatic heterocycles. The van der Waals surface area contributed by atoms with E-state index in [1.165, 1.54) is 0 Å². The van der Waals surface area contributed by atoms with Crippen molar-refractivity contribution in [2.24, 2.45) is 7.05 Å². The van der Waals surface area contributed by atoms with Gasteiger partial charge in [0.25, 0.3) is 0 Å². The minimum Gasteiger partial charge on any atom is -0.391 e. The van der Waals surface area contributed by atoms with Crippen molar-refractivity contribution in [2.45, 2.75) is 31.9 Å². The van der Waals surface area contributed by atoms with Crippen LogP contribution in [0, 0.1) is 0 Å². The van der Waals surface area contributed by atoms with E-state index in [2.05, 4.69) is 37.8 Å². The number of hydrogen-bond donors (Lipinski definition) is 1. The van der Waals surface area contributed by atoms with Gasteiger partial charge in [-0.1, -0.05) is 6.92 Å². The smallest absolute Gasteiger partial charge is 0.0766 e. The van der Waals surface area contributed by atoms with Crippen LogP contribution in [0.15, 0.2) is 4.47 Å². The van der Waals surface area contributed by atoms with Crippen LogP contribution in [0.3, 0.4) is 0 Å². The summed E-state index contributed by atoms with van der Waals surface area (Å²) in [5, 5.41) is 15.2. The SMILES string of the molecule is CCc1nn(C)c(CC(O)C2CN3CCN2CC3)c1Br. The van der Waals surface area contributed by atoms with Crippen LogP contribution in [0.4, 0.5) is 0 Å². The van der Waals surface area contributed by atoms with Crippen LogP contribution in [-0.2, 0) is 19.9 Å². The van der Waals surface area contributed by atoms with Crippen LogP contribution in [0.5, 0.6) is 0 Å². The second kappa shape index (κ2) is 5.75. The van der Waals surface area contributed by atoms with Crippen molar-refractivity contribution in [3.8, 4) is 0 Å². The Labute approximate surface area is 128 Å². The van der Waals surface area contributed by atoms with Crippen molar-refractivity contribution in [1.82, 2.24) is 19.6 Å². The first-order valence-electron chi connectivity index (χ1n) is 7.44. The number of hydrogen-bond acceptors (Lipinski definition) is 4. The maximum Gasteiger partial charge on any atom is 0.0766 e. The zero-order valence-electron chi connectivity index (χ0n) is 12.2. The summed E-state index contributed by atoms with van der Waals surface area (Å²) in [7, 11) is 1.96. The van der Waals surface area contributed by atoms with E-state index in [4.69, 9.17) is 0 Å². The fourth-order valence-electron chi connectivity index (χ4n) is 3.40. The van der Waals surface area contributed by atoms with Gasteiger partial charge in [-0.3, -0.25) is 14.5 Å². The Hall–Kier alpha value is -0.430. The highest BCUT2D eigenvalue weighted by atomic mass is 79.9. The molecule has 0 amide bonds. The van der Waals surface area contributed by atoms with E-state index < -0.39 is 0 Å². The van der Waals surface area contributed by atoms with E-state index in [-0.39, 0.29) is 12.1 Å². The fourth-order valence-corrected chi connectivity index (χ4v) is 4.18. The average Bonchev–Trinajstić information content (AvgIpc) is 2.75. The van der Waals surface area contributed by atoms with E-state index in [9.17, 15) is 5.11 Å². The summed E-state index contributed by atoms with van der Waals surface area (Å²) < 4.78 is 2.97. The quantitative estimate of drug-likeness (QED) is 0.872. The lowest BCUT2D eigenvalue weighted by Gasteiger charge is -2.49. The number of halogens is 1. The second-order valence-corrected chi connectivity index (χ2v) is 6.65. The molecule has 1 aromatic heterocycles. The van der Waals surface area contributed by atoms with E-state index in [0.29, 0.717) is 6.42 Å². The second-order valence-electron chi connectivity index (χ2n) is 5.86. The molecule has 5 nitrogen and oxygen atoms in total. The molecule has 20 heavy (non-hydrogen) atoms. The number of aliphatic hydroxyl groups excluding tert-OH is 1. The van der Waals surface area contributed by atoms with Gasteiger partial charge in [-0.25, -0.2) is 0 Å². The monoisotopic (exact) mass is 342 g/mol. The number of nitrogens with zero attached hydrogens (tertiary/aromatic N) is 4. The largest absolute Gasteiger partial charge is 0.391 e. The number of piperazine rings is 3. The fraction of sp³-hybridized carbons (Fsp3) is 0.786. The number of aliphatic hydroxyl groups is 1. The zero-order valence-corrected chi connectivity index (χ0v) is 13.8. The van der Waals surface area contributed by atoms with Gasteiger partial charge < -0.3 is 5.11 Å². The third-order valence-corrected chi connectivity index (χ3v) is 5.59. The zero-order chi connectivity index (χ0) is 14.3. The highest BCUT2D eigenvalue weighted by molar-refractivity contribution is 9.10. The molecule has 6 heteroatoms.